The molecule has 0 saturated heterocycles. The summed E-state index contributed by atoms with van der Waals surface area (Å²) < 4.78 is 26.5. The van der Waals surface area contributed by atoms with Gasteiger partial charge in [0.05, 0.1) is 18.5 Å². The van der Waals surface area contributed by atoms with Gasteiger partial charge in [0.2, 0.25) is 15.9 Å². The third-order valence-electron chi connectivity index (χ3n) is 5.09. The zero-order chi connectivity index (χ0) is 24.2. The fourth-order valence-corrected chi connectivity index (χ4v) is 4.54. The van der Waals surface area contributed by atoms with Crippen LogP contribution in [0.2, 0.25) is 0 Å². The van der Waals surface area contributed by atoms with E-state index in [0.717, 1.165) is 16.7 Å². The molecular formula is C25H27N3O4S. The Hall–Kier alpha value is -3.65. The van der Waals surface area contributed by atoms with Crippen LogP contribution < -0.4 is 14.9 Å². The topological polar surface area (TPSA) is 95.6 Å². The Balaban J connectivity index is 1.74. The summed E-state index contributed by atoms with van der Waals surface area (Å²) >= 11 is 0. The van der Waals surface area contributed by atoms with E-state index in [-0.39, 0.29) is 18.4 Å². The lowest BCUT2D eigenvalue weighted by Gasteiger charge is -2.26. The van der Waals surface area contributed by atoms with E-state index in [1.165, 1.54) is 17.5 Å². The van der Waals surface area contributed by atoms with Crippen LogP contribution in [0.1, 0.15) is 34.0 Å². The standard InChI is InChI=1S/C25H27N3O4S/c1-17-6-5-7-18(2)24(17)28(33(4,31)32)16-20-8-10-21(11-9-20)25(30)27-23-14-12-22(13-15-23)26-19(3)29/h5-15H,16H2,1-4H3,(H,26,29)(H,27,30). The molecule has 0 atom stereocenters. The molecular weight excluding hydrogens is 438 g/mol. The van der Waals surface area contributed by atoms with Crippen molar-refractivity contribution in [3.05, 3.63) is 89.0 Å². The Labute approximate surface area is 194 Å². The number of aryl methyl sites for hydroxylation is 2. The first-order valence-corrected chi connectivity index (χ1v) is 12.2. The summed E-state index contributed by atoms with van der Waals surface area (Å²) in [5, 5.41) is 5.48. The molecule has 0 aliphatic carbocycles. The van der Waals surface area contributed by atoms with Gasteiger partial charge in [0.25, 0.3) is 5.91 Å². The number of carbonyl (C=O) groups excluding carboxylic acids is 2. The van der Waals surface area contributed by atoms with Crippen LogP contribution in [0, 0.1) is 13.8 Å². The summed E-state index contributed by atoms with van der Waals surface area (Å²) in [5.74, 6) is -0.456. The number of amides is 2. The lowest BCUT2D eigenvalue weighted by molar-refractivity contribution is -0.114. The molecule has 0 spiro atoms. The predicted molar refractivity (Wildman–Crippen MR) is 132 cm³/mol. The number of benzene rings is 3. The van der Waals surface area contributed by atoms with Gasteiger partial charge in [-0.2, -0.15) is 0 Å². The van der Waals surface area contributed by atoms with E-state index in [4.69, 9.17) is 0 Å². The highest BCUT2D eigenvalue weighted by Crippen LogP contribution is 2.28. The normalized spacial score (nSPS) is 11.0. The van der Waals surface area contributed by atoms with E-state index >= 15 is 0 Å². The first kappa shape index (κ1) is 24.0. The van der Waals surface area contributed by atoms with Crippen molar-refractivity contribution in [1.29, 1.82) is 0 Å². The summed E-state index contributed by atoms with van der Waals surface area (Å²) in [6, 6.07) is 19.3. The molecule has 0 aromatic heterocycles. The minimum atomic E-state index is -3.51. The van der Waals surface area contributed by atoms with E-state index < -0.39 is 10.0 Å². The average Bonchev–Trinajstić information content (AvgIpc) is 2.73. The average molecular weight is 466 g/mol. The number of nitrogens with zero attached hydrogens (tertiary/aromatic N) is 1. The van der Waals surface area contributed by atoms with Gasteiger partial charge in [-0.15, -0.1) is 0 Å². The van der Waals surface area contributed by atoms with Crippen LogP contribution in [0.25, 0.3) is 0 Å². The Morgan fingerprint density at radius 1 is 0.818 bits per heavy atom. The van der Waals surface area contributed by atoms with Gasteiger partial charge in [-0.25, -0.2) is 8.42 Å². The molecule has 7 nitrogen and oxygen atoms in total. The smallest absolute Gasteiger partial charge is 0.255 e. The maximum Gasteiger partial charge on any atom is 0.255 e. The van der Waals surface area contributed by atoms with E-state index in [1.807, 2.05) is 32.0 Å². The Kier molecular flexibility index (Phi) is 7.18. The highest BCUT2D eigenvalue weighted by molar-refractivity contribution is 7.92. The fourth-order valence-electron chi connectivity index (χ4n) is 3.53. The van der Waals surface area contributed by atoms with Crippen molar-refractivity contribution in [2.45, 2.75) is 27.3 Å². The molecule has 0 radical (unpaired) electrons. The maximum absolute atomic E-state index is 12.6. The first-order valence-electron chi connectivity index (χ1n) is 10.4. The van der Waals surface area contributed by atoms with Crippen molar-refractivity contribution in [3.8, 4) is 0 Å². The predicted octanol–water partition coefficient (Wildman–Crippen LogP) is 4.48. The summed E-state index contributed by atoms with van der Waals surface area (Å²) in [5.41, 5.74) is 4.87. The van der Waals surface area contributed by atoms with Crippen LogP contribution in [0.15, 0.2) is 66.7 Å². The van der Waals surface area contributed by atoms with Gasteiger partial charge in [-0.3, -0.25) is 13.9 Å². The Morgan fingerprint density at radius 3 is 1.82 bits per heavy atom. The second-order valence-corrected chi connectivity index (χ2v) is 9.83. The van der Waals surface area contributed by atoms with Crippen LogP contribution in [0.4, 0.5) is 17.1 Å². The molecule has 2 N–H and O–H groups in total. The summed E-state index contributed by atoms with van der Waals surface area (Å²) in [6.45, 7) is 5.36. The van der Waals surface area contributed by atoms with Crippen LogP contribution >= 0.6 is 0 Å². The highest BCUT2D eigenvalue weighted by Gasteiger charge is 2.21. The van der Waals surface area contributed by atoms with Gasteiger partial charge in [0.15, 0.2) is 0 Å². The molecule has 0 aliphatic rings. The number of anilines is 3. The lowest BCUT2D eigenvalue weighted by Crippen LogP contribution is -2.30. The number of nitrogens with one attached hydrogen (secondary N) is 2. The van der Waals surface area contributed by atoms with Crippen molar-refractivity contribution in [2.24, 2.45) is 0 Å². The second kappa shape index (κ2) is 9.87. The molecule has 0 heterocycles. The Bertz CT molecular complexity index is 1250. The molecule has 33 heavy (non-hydrogen) atoms. The van der Waals surface area contributed by atoms with Gasteiger partial charge in [0, 0.05) is 23.9 Å². The summed E-state index contributed by atoms with van der Waals surface area (Å²) in [6.07, 6.45) is 1.19. The number of hydrogen-bond acceptors (Lipinski definition) is 4. The van der Waals surface area contributed by atoms with Crippen LogP contribution in [-0.2, 0) is 21.4 Å². The molecule has 3 aromatic carbocycles. The fraction of sp³-hybridized carbons (Fsp3) is 0.200. The molecule has 0 aliphatic heterocycles. The molecule has 3 aromatic rings. The monoisotopic (exact) mass is 465 g/mol. The van der Waals surface area contributed by atoms with Gasteiger partial charge in [0.1, 0.15) is 0 Å². The molecule has 172 valence electrons. The molecule has 0 unspecified atom stereocenters. The summed E-state index contributed by atoms with van der Waals surface area (Å²) in [4.78, 5) is 23.7. The first-order chi connectivity index (χ1) is 15.5. The molecule has 0 fully saturated rings. The van der Waals surface area contributed by atoms with Gasteiger partial charge in [-0.05, 0) is 66.9 Å². The van der Waals surface area contributed by atoms with E-state index in [1.54, 1.807) is 48.5 Å². The SMILES string of the molecule is CC(=O)Nc1ccc(NC(=O)c2ccc(CN(c3c(C)cccc3C)S(C)(=O)=O)cc2)cc1. The quantitative estimate of drug-likeness (QED) is 0.538. The number of rotatable bonds is 7. The minimum Gasteiger partial charge on any atom is -0.326 e. The van der Waals surface area contributed by atoms with Gasteiger partial charge < -0.3 is 10.6 Å². The van der Waals surface area contributed by atoms with E-state index in [2.05, 4.69) is 10.6 Å². The molecule has 2 amide bonds. The number of hydrogen-bond donors (Lipinski definition) is 2. The van der Waals surface area contributed by atoms with Crippen LogP contribution in [0.3, 0.4) is 0 Å². The van der Waals surface area contributed by atoms with E-state index in [0.29, 0.717) is 22.6 Å². The number of para-hydroxylation sites is 1. The molecule has 0 saturated carbocycles. The third-order valence-corrected chi connectivity index (χ3v) is 6.21. The number of sulfonamides is 1. The van der Waals surface area contributed by atoms with Crippen molar-refractivity contribution < 1.29 is 18.0 Å². The largest absolute Gasteiger partial charge is 0.326 e. The van der Waals surface area contributed by atoms with Gasteiger partial charge >= 0.3 is 0 Å². The molecule has 0 bridgehead atoms. The number of carbonyl (C=O) groups is 2. The highest BCUT2D eigenvalue weighted by atomic mass is 32.2. The Morgan fingerprint density at radius 2 is 1.33 bits per heavy atom. The van der Waals surface area contributed by atoms with E-state index in [9.17, 15) is 18.0 Å². The third kappa shape index (κ3) is 6.20. The van der Waals surface area contributed by atoms with Crippen molar-refractivity contribution >= 4 is 38.9 Å². The zero-order valence-electron chi connectivity index (χ0n) is 19.0. The maximum atomic E-state index is 12.6. The minimum absolute atomic E-state index is 0.164. The van der Waals surface area contributed by atoms with Crippen LogP contribution in [0.5, 0.6) is 0 Å². The van der Waals surface area contributed by atoms with Crippen molar-refractivity contribution in [3.63, 3.8) is 0 Å². The second-order valence-electron chi connectivity index (χ2n) is 7.92. The summed E-state index contributed by atoms with van der Waals surface area (Å²) in [7, 11) is -3.51. The van der Waals surface area contributed by atoms with Crippen LogP contribution in [-0.4, -0.2) is 26.5 Å². The lowest BCUT2D eigenvalue weighted by atomic mass is 10.1. The zero-order valence-corrected chi connectivity index (χ0v) is 19.9. The van der Waals surface area contributed by atoms with Gasteiger partial charge in [-0.1, -0.05) is 30.3 Å². The molecule has 3 rings (SSSR count). The van der Waals surface area contributed by atoms with Crippen molar-refractivity contribution in [2.75, 3.05) is 21.2 Å². The molecule has 8 heteroatoms. The van der Waals surface area contributed by atoms with Crippen molar-refractivity contribution in [1.82, 2.24) is 0 Å².